The van der Waals surface area contributed by atoms with E-state index in [4.69, 9.17) is 11.5 Å². The van der Waals surface area contributed by atoms with E-state index in [1.165, 1.54) is 0 Å². The second kappa shape index (κ2) is 5.71. The molecule has 0 spiro atoms. The van der Waals surface area contributed by atoms with Crippen LogP contribution in [0, 0.1) is 0 Å². The number of hydrogen-bond donors (Lipinski definition) is 2. The van der Waals surface area contributed by atoms with Gasteiger partial charge in [0.2, 0.25) is 0 Å². The van der Waals surface area contributed by atoms with Crippen molar-refractivity contribution in [3.05, 3.63) is 54.0 Å². The third-order valence-corrected chi connectivity index (χ3v) is 3.04. The fraction of sp³-hybridized carbons (Fsp3) is 0.0714. The van der Waals surface area contributed by atoms with Gasteiger partial charge in [-0.15, -0.1) is 12.4 Å². The first kappa shape index (κ1) is 14.0. The van der Waals surface area contributed by atoms with Gasteiger partial charge in [-0.25, -0.2) is 4.98 Å². The largest absolute Gasteiger partial charge is 0.398 e. The molecule has 3 aromatic rings. The molecule has 4 N–H and O–H groups in total. The Labute approximate surface area is 122 Å². The summed E-state index contributed by atoms with van der Waals surface area (Å²) in [6, 6.07) is 7.70. The Kier molecular flexibility index (Phi) is 4.00. The maximum Gasteiger partial charge on any atom is 0.128 e. The minimum atomic E-state index is 0. The van der Waals surface area contributed by atoms with Crippen LogP contribution >= 0.6 is 12.4 Å². The Morgan fingerprint density at radius 2 is 1.60 bits per heavy atom. The number of benzene rings is 1. The maximum absolute atomic E-state index is 5.93. The van der Waals surface area contributed by atoms with Gasteiger partial charge in [-0.05, 0) is 23.8 Å². The maximum atomic E-state index is 5.93. The van der Waals surface area contributed by atoms with Crippen molar-refractivity contribution >= 4 is 34.9 Å². The number of nitrogen functional groups attached to an aromatic ring is 2. The summed E-state index contributed by atoms with van der Waals surface area (Å²) in [6.45, 7) is 0. The van der Waals surface area contributed by atoms with Gasteiger partial charge in [0.15, 0.2) is 0 Å². The second-order valence-corrected chi connectivity index (χ2v) is 4.32. The quantitative estimate of drug-likeness (QED) is 0.754. The minimum absolute atomic E-state index is 0. The van der Waals surface area contributed by atoms with Gasteiger partial charge in [-0.3, -0.25) is 9.97 Å². The highest BCUT2D eigenvalue weighted by Crippen LogP contribution is 2.22. The van der Waals surface area contributed by atoms with Crippen molar-refractivity contribution in [2.24, 2.45) is 0 Å². The molecule has 0 unspecified atom stereocenters. The molecule has 102 valence electrons. The Balaban J connectivity index is 0.00000147. The standard InChI is InChI=1S/C14H13N5.ClH/c15-11-3-4-19-14(16)10(11)7-9-1-2-12-13(8-9)18-6-5-17-12;/h1-6,8H,7H2,(H4,15,16,19);1H. The first-order valence-corrected chi connectivity index (χ1v) is 5.92. The van der Waals surface area contributed by atoms with Gasteiger partial charge < -0.3 is 11.5 Å². The lowest BCUT2D eigenvalue weighted by molar-refractivity contribution is 1.16. The number of pyridine rings is 1. The van der Waals surface area contributed by atoms with E-state index in [0.717, 1.165) is 22.2 Å². The summed E-state index contributed by atoms with van der Waals surface area (Å²) in [5.41, 5.74) is 16.1. The molecule has 0 fully saturated rings. The summed E-state index contributed by atoms with van der Waals surface area (Å²) < 4.78 is 0. The molecular formula is C14H14ClN5. The number of anilines is 2. The van der Waals surface area contributed by atoms with E-state index >= 15 is 0 Å². The summed E-state index contributed by atoms with van der Waals surface area (Å²) in [4.78, 5) is 12.6. The predicted molar refractivity (Wildman–Crippen MR) is 82.7 cm³/mol. The summed E-state index contributed by atoms with van der Waals surface area (Å²) in [5, 5.41) is 0. The van der Waals surface area contributed by atoms with Gasteiger partial charge in [0, 0.05) is 36.3 Å². The van der Waals surface area contributed by atoms with Gasteiger partial charge >= 0.3 is 0 Å². The zero-order valence-electron chi connectivity index (χ0n) is 10.7. The molecule has 0 saturated heterocycles. The van der Waals surface area contributed by atoms with Crippen LogP contribution in [0.4, 0.5) is 11.5 Å². The van der Waals surface area contributed by atoms with E-state index < -0.39 is 0 Å². The highest BCUT2D eigenvalue weighted by atomic mass is 35.5. The monoisotopic (exact) mass is 287 g/mol. The van der Waals surface area contributed by atoms with Gasteiger partial charge in [0.05, 0.1) is 11.0 Å². The van der Waals surface area contributed by atoms with Crippen molar-refractivity contribution in [1.82, 2.24) is 15.0 Å². The van der Waals surface area contributed by atoms with Crippen LogP contribution in [0.25, 0.3) is 11.0 Å². The van der Waals surface area contributed by atoms with E-state index in [1.807, 2.05) is 18.2 Å². The van der Waals surface area contributed by atoms with E-state index in [9.17, 15) is 0 Å². The average molecular weight is 288 g/mol. The van der Waals surface area contributed by atoms with Crippen LogP contribution in [0.2, 0.25) is 0 Å². The van der Waals surface area contributed by atoms with Gasteiger partial charge in [-0.1, -0.05) is 6.07 Å². The van der Waals surface area contributed by atoms with Crippen LogP contribution in [0.3, 0.4) is 0 Å². The molecule has 3 rings (SSSR count). The molecule has 6 heteroatoms. The molecule has 0 radical (unpaired) electrons. The molecule has 0 aliphatic carbocycles. The van der Waals surface area contributed by atoms with E-state index in [2.05, 4.69) is 15.0 Å². The summed E-state index contributed by atoms with van der Waals surface area (Å²) in [5.74, 6) is 0.472. The van der Waals surface area contributed by atoms with Crippen molar-refractivity contribution < 1.29 is 0 Å². The van der Waals surface area contributed by atoms with Gasteiger partial charge in [0.1, 0.15) is 5.82 Å². The minimum Gasteiger partial charge on any atom is -0.398 e. The van der Waals surface area contributed by atoms with E-state index in [0.29, 0.717) is 17.9 Å². The number of nitrogens with zero attached hydrogens (tertiary/aromatic N) is 3. The Morgan fingerprint density at radius 3 is 2.35 bits per heavy atom. The molecule has 20 heavy (non-hydrogen) atoms. The first-order chi connectivity index (χ1) is 9.24. The van der Waals surface area contributed by atoms with E-state index in [-0.39, 0.29) is 12.4 Å². The van der Waals surface area contributed by atoms with Crippen molar-refractivity contribution in [3.63, 3.8) is 0 Å². The molecule has 5 nitrogen and oxygen atoms in total. The Morgan fingerprint density at radius 1 is 0.850 bits per heavy atom. The molecule has 1 aromatic carbocycles. The lowest BCUT2D eigenvalue weighted by Crippen LogP contribution is -2.03. The normalized spacial score (nSPS) is 10.2. The molecule has 0 aliphatic heterocycles. The summed E-state index contributed by atoms with van der Waals surface area (Å²) in [7, 11) is 0. The van der Waals surface area contributed by atoms with Crippen molar-refractivity contribution in [1.29, 1.82) is 0 Å². The molecule has 0 bridgehead atoms. The van der Waals surface area contributed by atoms with E-state index in [1.54, 1.807) is 24.7 Å². The summed E-state index contributed by atoms with van der Waals surface area (Å²) >= 11 is 0. The highest BCUT2D eigenvalue weighted by molar-refractivity contribution is 5.85. The predicted octanol–water partition coefficient (Wildman–Crippen LogP) is 2.20. The van der Waals surface area contributed by atoms with Gasteiger partial charge in [0.25, 0.3) is 0 Å². The highest BCUT2D eigenvalue weighted by Gasteiger charge is 2.07. The number of fused-ring (bicyclic) bond motifs is 1. The van der Waals surface area contributed by atoms with Crippen molar-refractivity contribution in [2.45, 2.75) is 6.42 Å². The summed E-state index contributed by atoms with van der Waals surface area (Å²) in [6.07, 6.45) is 5.61. The molecule has 0 saturated carbocycles. The van der Waals surface area contributed by atoms with Crippen LogP contribution in [-0.2, 0) is 6.42 Å². The molecule has 0 amide bonds. The number of aromatic nitrogens is 3. The first-order valence-electron chi connectivity index (χ1n) is 5.92. The fourth-order valence-corrected chi connectivity index (χ4v) is 2.04. The lowest BCUT2D eigenvalue weighted by atomic mass is 10.0. The number of halogens is 1. The van der Waals surface area contributed by atoms with Crippen LogP contribution in [0.1, 0.15) is 11.1 Å². The lowest BCUT2D eigenvalue weighted by Gasteiger charge is -2.08. The Bertz CT molecular complexity index is 724. The number of nitrogens with two attached hydrogens (primary N) is 2. The van der Waals surface area contributed by atoms with Gasteiger partial charge in [-0.2, -0.15) is 0 Å². The number of rotatable bonds is 2. The number of hydrogen-bond acceptors (Lipinski definition) is 5. The van der Waals surface area contributed by atoms with Crippen LogP contribution in [-0.4, -0.2) is 15.0 Å². The zero-order chi connectivity index (χ0) is 13.2. The second-order valence-electron chi connectivity index (χ2n) is 4.32. The van der Waals surface area contributed by atoms with Crippen LogP contribution < -0.4 is 11.5 Å². The fourth-order valence-electron chi connectivity index (χ4n) is 2.04. The third-order valence-electron chi connectivity index (χ3n) is 3.04. The Hall–Kier alpha value is -2.40. The van der Waals surface area contributed by atoms with Crippen molar-refractivity contribution in [3.8, 4) is 0 Å². The topological polar surface area (TPSA) is 90.7 Å². The SMILES string of the molecule is Cl.Nc1ccnc(N)c1Cc1ccc2nccnc2c1. The molecule has 0 atom stereocenters. The molecular weight excluding hydrogens is 274 g/mol. The molecule has 2 heterocycles. The zero-order valence-corrected chi connectivity index (χ0v) is 11.5. The average Bonchev–Trinajstić information content (AvgIpc) is 2.43. The van der Waals surface area contributed by atoms with Crippen LogP contribution in [0.5, 0.6) is 0 Å². The molecule has 2 aromatic heterocycles. The molecule has 0 aliphatic rings. The third kappa shape index (κ3) is 2.62. The van der Waals surface area contributed by atoms with Crippen LogP contribution in [0.15, 0.2) is 42.9 Å². The smallest absolute Gasteiger partial charge is 0.128 e. The van der Waals surface area contributed by atoms with Crippen molar-refractivity contribution in [2.75, 3.05) is 11.5 Å².